The fraction of sp³-hybridized carbons (Fsp3) is 0.550. The van der Waals surface area contributed by atoms with E-state index < -0.39 is 6.04 Å². The molecular formula is C20H26ClFN4O2. The maximum absolute atomic E-state index is 13.4. The fourth-order valence-electron chi connectivity index (χ4n) is 4.55. The molecule has 1 aromatic carbocycles. The summed E-state index contributed by atoms with van der Waals surface area (Å²) in [6.07, 6.45) is 5.18. The lowest BCUT2D eigenvalue weighted by Gasteiger charge is -2.43. The molecule has 28 heavy (non-hydrogen) atoms. The van der Waals surface area contributed by atoms with Gasteiger partial charge < -0.3 is 15.6 Å². The van der Waals surface area contributed by atoms with Crippen LogP contribution in [0.4, 0.5) is 4.39 Å². The van der Waals surface area contributed by atoms with Gasteiger partial charge in [0.05, 0.1) is 0 Å². The maximum Gasteiger partial charge on any atom is 0.249 e. The Morgan fingerprint density at radius 3 is 2.71 bits per heavy atom. The Balaban J connectivity index is 0.00000225. The number of carbonyl (C=O) groups is 1. The third kappa shape index (κ3) is 4.20. The van der Waals surface area contributed by atoms with E-state index in [2.05, 4.69) is 15.5 Å². The van der Waals surface area contributed by atoms with E-state index in [0.29, 0.717) is 29.1 Å². The van der Waals surface area contributed by atoms with Crippen LogP contribution in [-0.2, 0) is 4.79 Å². The molecule has 0 radical (unpaired) electrons. The van der Waals surface area contributed by atoms with Gasteiger partial charge in [0.1, 0.15) is 11.9 Å². The van der Waals surface area contributed by atoms with Crippen molar-refractivity contribution in [3.63, 3.8) is 0 Å². The molecule has 0 saturated heterocycles. The number of carbonyl (C=O) groups excluding carboxylic acids is 1. The molecule has 6 nitrogen and oxygen atoms in total. The number of benzene rings is 1. The van der Waals surface area contributed by atoms with Gasteiger partial charge in [0.25, 0.3) is 0 Å². The van der Waals surface area contributed by atoms with E-state index in [-0.39, 0.29) is 36.1 Å². The van der Waals surface area contributed by atoms with E-state index >= 15 is 0 Å². The molecule has 1 heterocycles. The molecule has 0 spiro atoms. The standard InChI is InChI=1S/C20H25FN4O2.ClH/c1-11(20-24-18(25-27-20)14-6-3-7-16(21)10-14)23-19(26)15-8-12-4-2-5-13(9-15)17(12)22;/h3,6-7,10-13,15,17H,2,4-5,8-9,22H2,1H3,(H,23,26);1H. The van der Waals surface area contributed by atoms with E-state index in [9.17, 15) is 9.18 Å². The van der Waals surface area contributed by atoms with Crippen molar-refractivity contribution in [1.29, 1.82) is 0 Å². The minimum Gasteiger partial charge on any atom is -0.344 e. The van der Waals surface area contributed by atoms with Gasteiger partial charge in [-0.3, -0.25) is 4.79 Å². The van der Waals surface area contributed by atoms with Gasteiger partial charge in [-0.25, -0.2) is 4.39 Å². The molecule has 3 N–H and O–H groups in total. The van der Waals surface area contributed by atoms with Gasteiger partial charge >= 0.3 is 0 Å². The Bertz CT molecular complexity index is 816. The number of aromatic nitrogens is 2. The van der Waals surface area contributed by atoms with Crippen molar-refractivity contribution in [2.45, 2.75) is 51.1 Å². The normalized spacial score (nSPS) is 27.5. The molecule has 3 unspecified atom stereocenters. The van der Waals surface area contributed by atoms with E-state index in [1.165, 1.54) is 18.6 Å². The van der Waals surface area contributed by atoms with Gasteiger partial charge in [-0.1, -0.05) is 23.7 Å². The van der Waals surface area contributed by atoms with Gasteiger partial charge in [-0.15, -0.1) is 12.4 Å². The molecule has 152 valence electrons. The molecule has 2 fully saturated rings. The van der Waals surface area contributed by atoms with E-state index in [1.807, 2.05) is 6.92 Å². The van der Waals surface area contributed by atoms with Gasteiger partial charge in [-0.05, 0) is 56.6 Å². The summed E-state index contributed by atoms with van der Waals surface area (Å²) in [5.74, 6) is 1.18. The van der Waals surface area contributed by atoms with E-state index in [1.54, 1.807) is 12.1 Å². The fourth-order valence-corrected chi connectivity index (χ4v) is 4.55. The zero-order chi connectivity index (χ0) is 19.0. The second-order valence-corrected chi connectivity index (χ2v) is 7.89. The second kappa shape index (κ2) is 8.57. The van der Waals surface area contributed by atoms with Gasteiger partial charge in [0.15, 0.2) is 0 Å². The smallest absolute Gasteiger partial charge is 0.249 e. The number of nitrogens with two attached hydrogens (primary N) is 1. The first kappa shape index (κ1) is 20.7. The Kier molecular flexibility index (Phi) is 6.35. The van der Waals surface area contributed by atoms with Crippen LogP contribution in [0.1, 0.15) is 51.0 Å². The summed E-state index contributed by atoms with van der Waals surface area (Å²) in [7, 11) is 0. The van der Waals surface area contributed by atoms with Crippen LogP contribution < -0.4 is 11.1 Å². The van der Waals surface area contributed by atoms with Crippen LogP contribution in [0.25, 0.3) is 11.4 Å². The average Bonchev–Trinajstić information content (AvgIpc) is 3.11. The summed E-state index contributed by atoms with van der Waals surface area (Å²) in [4.78, 5) is 17.1. The van der Waals surface area contributed by atoms with Crippen LogP contribution in [0.3, 0.4) is 0 Å². The van der Waals surface area contributed by atoms with Crippen molar-refractivity contribution < 1.29 is 13.7 Å². The van der Waals surface area contributed by atoms with Crippen molar-refractivity contribution in [3.8, 4) is 11.4 Å². The molecule has 2 aliphatic carbocycles. The van der Waals surface area contributed by atoms with Crippen LogP contribution in [0.15, 0.2) is 28.8 Å². The largest absolute Gasteiger partial charge is 0.344 e. The van der Waals surface area contributed by atoms with Crippen LogP contribution in [0, 0.1) is 23.6 Å². The van der Waals surface area contributed by atoms with Crippen molar-refractivity contribution in [1.82, 2.24) is 15.5 Å². The molecular weight excluding hydrogens is 383 g/mol. The highest BCUT2D eigenvalue weighted by Gasteiger charge is 2.40. The summed E-state index contributed by atoms with van der Waals surface area (Å²) in [5, 5.41) is 6.90. The number of hydrogen-bond donors (Lipinski definition) is 2. The van der Waals surface area contributed by atoms with Crippen molar-refractivity contribution >= 4 is 18.3 Å². The number of amides is 1. The average molecular weight is 409 g/mol. The quantitative estimate of drug-likeness (QED) is 0.805. The predicted molar refractivity (Wildman–Crippen MR) is 105 cm³/mol. The summed E-state index contributed by atoms with van der Waals surface area (Å²) < 4.78 is 18.7. The summed E-state index contributed by atoms with van der Waals surface area (Å²) in [5.41, 5.74) is 6.86. The second-order valence-electron chi connectivity index (χ2n) is 7.89. The predicted octanol–water partition coefficient (Wildman–Crippen LogP) is 3.63. The Morgan fingerprint density at radius 1 is 1.32 bits per heavy atom. The lowest BCUT2D eigenvalue weighted by atomic mass is 9.65. The molecule has 4 rings (SSSR count). The minimum atomic E-state index is -0.400. The molecule has 1 aromatic heterocycles. The molecule has 2 bridgehead atoms. The zero-order valence-corrected chi connectivity index (χ0v) is 16.6. The lowest BCUT2D eigenvalue weighted by molar-refractivity contribution is -0.128. The number of nitrogens with zero attached hydrogens (tertiary/aromatic N) is 2. The first-order valence-corrected chi connectivity index (χ1v) is 9.66. The molecule has 2 saturated carbocycles. The van der Waals surface area contributed by atoms with Gasteiger partial charge in [-0.2, -0.15) is 4.98 Å². The third-order valence-corrected chi connectivity index (χ3v) is 6.04. The van der Waals surface area contributed by atoms with Crippen molar-refractivity contribution in [3.05, 3.63) is 36.0 Å². The van der Waals surface area contributed by atoms with Crippen LogP contribution in [-0.4, -0.2) is 22.1 Å². The molecule has 8 heteroatoms. The molecule has 1 amide bonds. The number of nitrogens with one attached hydrogen (secondary N) is 1. The summed E-state index contributed by atoms with van der Waals surface area (Å²) >= 11 is 0. The summed E-state index contributed by atoms with van der Waals surface area (Å²) in [6.45, 7) is 1.82. The number of rotatable bonds is 4. The molecule has 0 aliphatic heterocycles. The molecule has 2 aromatic rings. The topological polar surface area (TPSA) is 94.0 Å². The zero-order valence-electron chi connectivity index (χ0n) is 15.8. The highest BCUT2D eigenvalue weighted by Crippen LogP contribution is 2.42. The van der Waals surface area contributed by atoms with Crippen LogP contribution in [0.5, 0.6) is 0 Å². The maximum atomic E-state index is 13.4. The number of hydrogen-bond acceptors (Lipinski definition) is 5. The van der Waals surface area contributed by atoms with Gasteiger partial charge in [0, 0.05) is 17.5 Å². The number of fused-ring (bicyclic) bond motifs is 2. The number of halogens is 2. The molecule has 2 aliphatic rings. The Hall–Kier alpha value is -1.99. The first-order chi connectivity index (χ1) is 13.0. The Labute approximate surface area is 169 Å². The first-order valence-electron chi connectivity index (χ1n) is 9.66. The Morgan fingerprint density at radius 2 is 2.04 bits per heavy atom. The third-order valence-electron chi connectivity index (χ3n) is 6.04. The van der Waals surface area contributed by atoms with Crippen molar-refractivity contribution in [2.24, 2.45) is 23.5 Å². The minimum absolute atomic E-state index is 0. The SMILES string of the molecule is CC(NC(=O)C1CC2CCCC(C1)C2N)c1nc(-c2cccc(F)c2)no1.Cl. The van der Waals surface area contributed by atoms with Crippen molar-refractivity contribution in [2.75, 3.05) is 0 Å². The monoisotopic (exact) mass is 408 g/mol. The summed E-state index contributed by atoms with van der Waals surface area (Å²) in [6, 6.07) is 5.86. The van der Waals surface area contributed by atoms with E-state index in [4.69, 9.17) is 10.3 Å². The van der Waals surface area contributed by atoms with Gasteiger partial charge in [0.2, 0.25) is 17.6 Å². The highest BCUT2D eigenvalue weighted by atomic mass is 35.5. The van der Waals surface area contributed by atoms with Crippen LogP contribution >= 0.6 is 12.4 Å². The lowest BCUT2D eigenvalue weighted by Crippen LogP contribution is -2.49. The van der Waals surface area contributed by atoms with E-state index in [0.717, 1.165) is 25.7 Å². The van der Waals surface area contributed by atoms with Crippen LogP contribution in [0.2, 0.25) is 0 Å². The molecule has 3 atom stereocenters. The highest BCUT2D eigenvalue weighted by molar-refractivity contribution is 5.85.